The fourth-order valence-electron chi connectivity index (χ4n) is 2.92. The van der Waals surface area contributed by atoms with Crippen LogP contribution in [-0.4, -0.2) is 42.3 Å². The van der Waals surface area contributed by atoms with Gasteiger partial charge in [0.15, 0.2) is 0 Å². The summed E-state index contributed by atoms with van der Waals surface area (Å²) >= 11 is 0. The van der Waals surface area contributed by atoms with Crippen LogP contribution in [0.5, 0.6) is 5.88 Å². The second kappa shape index (κ2) is 6.60. The first-order chi connectivity index (χ1) is 10.2. The summed E-state index contributed by atoms with van der Waals surface area (Å²) in [5, 5.41) is 3.65. The summed E-state index contributed by atoms with van der Waals surface area (Å²) < 4.78 is 5.54. The Morgan fingerprint density at radius 3 is 2.95 bits per heavy atom. The van der Waals surface area contributed by atoms with E-state index in [0.29, 0.717) is 18.4 Å². The summed E-state index contributed by atoms with van der Waals surface area (Å²) in [6, 6.07) is 2.70. The molecule has 1 aromatic heterocycles. The van der Waals surface area contributed by atoms with Crippen LogP contribution >= 0.6 is 0 Å². The number of hydrogen-bond acceptors (Lipinski definition) is 5. The molecule has 1 unspecified atom stereocenters. The summed E-state index contributed by atoms with van der Waals surface area (Å²) in [6.45, 7) is 7.86. The molecule has 3 rings (SSSR count). The SMILES string of the molecule is CCOc1cc(C)nc(N2CCCC(CNC3CC3)C2)n1. The minimum absolute atomic E-state index is 0.643. The third kappa shape index (κ3) is 4.06. The number of ether oxygens (including phenoxy) is 1. The monoisotopic (exact) mass is 290 g/mol. The average molecular weight is 290 g/mol. The van der Waals surface area contributed by atoms with Gasteiger partial charge in [0.1, 0.15) is 0 Å². The van der Waals surface area contributed by atoms with Crippen LogP contribution < -0.4 is 15.0 Å². The van der Waals surface area contributed by atoms with Crippen LogP contribution in [0.2, 0.25) is 0 Å². The molecule has 0 amide bonds. The van der Waals surface area contributed by atoms with Gasteiger partial charge in [0.05, 0.1) is 6.61 Å². The van der Waals surface area contributed by atoms with Gasteiger partial charge in [-0.25, -0.2) is 4.98 Å². The number of hydrogen-bond donors (Lipinski definition) is 1. The van der Waals surface area contributed by atoms with Crippen molar-refractivity contribution in [1.82, 2.24) is 15.3 Å². The molecule has 1 aliphatic carbocycles. The fraction of sp³-hybridized carbons (Fsp3) is 0.750. The number of anilines is 1. The molecule has 2 aliphatic rings. The van der Waals surface area contributed by atoms with Gasteiger partial charge in [-0.2, -0.15) is 4.98 Å². The minimum atomic E-state index is 0.643. The van der Waals surface area contributed by atoms with Crippen LogP contribution in [0.15, 0.2) is 6.07 Å². The van der Waals surface area contributed by atoms with E-state index in [2.05, 4.69) is 20.2 Å². The van der Waals surface area contributed by atoms with Gasteiger partial charge in [-0.3, -0.25) is 0 Å². The maximum atomic E-state index is 5.54. The van der Waals surface area contributed by atoms with E-state index in [-0.39, 0.29) is 0 Å². The quantitative estimate of drug-likeness (QED) is 0.870. The molecule has 1 aromatic rings. The number of aryl methyl sites for hydroxylation is 1. The van der Waals surface area contributed by atoms with E-state index >= 15 is 0 Å². The molecule has 5 heteroatoms. The number of rotatable bonds is 6. The smallest absolute Gasteiger partial charge is 0.228 e. The molecule has 1 atom stereocenters. The molecule has 2 fully saturated rings. The lowest BCUT2D eigenvalue weighted by Crippen LogP contribution is -2.41. The number of aromatic nitrogens is 2. The van der Waals surface area contributed by atoms with Gasteiger partial charge >= 0.3 is 0 Å². The number of piperidine rings is 1. The highest BCUT2D eigenvalue weighted by atomic mass is 16.5. The standard InChI is InChI=1S/C16H26N4O/c1-3-21-15-9-12(2)18-16(19-15)20-8-4-5-13(11-20)10-17-14-6-7-14/h9,13-14,17H,3-8,10-11H2,1-2H3. The van der Waals surface area contributed by atoms with Crippen molar-refractivity contribution in [3.63, 3.8) is 0 Å². The zero-order valence-electron chi connectivity index (χ0n) is 13.1. The molecular weight excluding hydrogens is 264 g/mol. The van der Waals surface area contributed by atoms with Crippen molar-refractivity contribution >= 4 is 5.95 Å². The number of nitrogens with one attached hydrogen (secondary N) is 1. The molecular formula is C16H26N4O. The van der Waals surface area contributed by atoms with Gasteiger partial charge in [-0.05, 0) is 52.0 Å². The molecule has 116 valence electrons. The van der Waals surface area contributed by atoms with E-state index in [0.717, 1.165) is 37.3 Å². The zero-order valence-corrected chi connectivity index (χ0v) is 13.1. The van der Waals surface area contributed by atoms with Crippen LogP contribution in [0.1, 0.15) is 38.3 Å². The van der Waals surface area contributed by atoms with Crippen LogP contribution in [-0.2, 0) is 0 Å². The van der Waals surface area contributed by atoms with E-state index < -0.39 is 0 Å². The van der Waals surface area contributed by atoms with Gasteiger partial charge in [0, 0.05) is 30.9 Å². The van der Waals surface area contributed by atoms with Crippen LogP contribution in [0.4, 0.5) is 5.95 Å². The highest BCUT2D eigenvalue weighted by Gasteiger charge is 2.25. The predicted molar refractivity (Wildman–Crippen MR) is 83.9 cm³/mol. The van der Waals surface area contributed by atoms with Crippen molar-refractivity contribution in [2.24, 2.45) is 5.92 Å². The maximum Gasteiger partial charge on any atom is 0.228 e. The second-order valence-corrected chi connectivity index (χ2v) is 6.22. The van der Waals surface area contributed by atoms with Gasteiger partial charge in [0.25, 0.3) is 0 Å². The Morgan fingerprint density at radius 2 is 2.19 bits per heavy atom. The Hall–Kier alpha value is -1.36. The van der Waals surface area contributed by atoms with Crippen molar-refractivity contribution in [3.05, 3.63) is 11.8 Å². The molecule has 1 aliphatic heterocycles. The summed E-state index contributed by atoms with van der Waals surface area (Å²) in [5.74, 6) is 2.23. The lowest BCUT2D eigenvalue weighted by atomic mass is 9.98. The van der Waals surface area contributed by atoms with Crippen molar-refractivity contribution in [2.45, 2.75) is 45.6 Å². The molecule has 0 bridgehead atoms. The molecule has 21 heavy (non-hydrogen) atoms. The first-order valence-electron chi connectivity index (χ1n) is 8.21. The Morgan fingerprint density at radius 1 is 1.33 bits per heavy atom. The molecule has 0 radical (unpaired) electrons. The molecule has 1 saturated heterocycles. The Labute approximate surface area is 127 Å². The predicted octanol–water partition coefficient (Wildman–Crippen LogP) is 2.15. The summed E-state index contributed by atoms with van der Waals surface area (Å²) in [4.78, 5) is 11.5. The maximum absolute atomic E-state index is 5.54. The minimum Gasteiger partial charge on any atom is -0.478 e. The molecule has 1 N–H and O–H groups in total. The largest absolute Gasteiger partial charge is 0.478 e. The van der Waals surface area contributed by atoms with Gasteiger partial charge in [-0.1, -0.05) is 0 Å². The van der Waals surface area contributed by atoms with Gasteiger partial charge in [0.2, 0.25) is 11.8 Å². The summed E-state index contributed by atoms with van der Waals surface area (Å²) in [6.07, 6.45) is 5.24. The first kappa shape index (κ1) is 14.6. The Kier molecular flexibility index (Phi) is 4.58. The number of nitrogens with zero attached hydrogens (tertiary/aromatic N) is 3. The van der Waals surface area contributed by atoms with E-state index in [9.17, 15) is 0 Å². The van der Waals surface area contributed by atoms with E-state index in [1.54, 1.807) is 0 Å². The highest BCUT2D eigenvalue weighted by Crippen LogP contribution is 2.24. The molecule has 1 saturated carbocycles. The molecule has 5 nitrogen and oxygen atoms in total. The lowest BCUT2D eigenvalue weighted by Gasteiger charge is -2.33. The second-order valence-electron chi connectivity index (χ2n) is 6.22. The van der Waals surface area contributed by atoms with Gasteiger partial charge in [-0.15, -0.1) is 0 Å². The summed E-state index contributed by atoms with van der Waals surface area (Å²) in [5.41, 5.74) is 0.974. The zero-order chi connectivity index (χ0) is 14.7. The summed E-state index contributed by atoms with van der Waals surface area (Å²) in [7, 11) is 0. The fourth-order valence-corrected chi connectivity index (χ4v) is 2.92. The highest BCUT2D eigenvalue weighted by molar-refractivity contribution is 5.35. The van der Waals surface area contributed by atoms with E-state index in [4.69, 9.17) is 4.74 Å². The lowest BCUT2D eigenvalue weighted by molar-refractivity contribution is 0.324. The third-order valence-electron chi connectivity index (χ3n) is 4.19. The van der Waals surface area contributed by atoms with Crippen LogP contribution in [0, 0.1) is 12.8 Å². The van der Waals surface area contributed by atoms with Crippen LogP contribution in [0.3, 0.4) is 0 Å². The molecule has 0 spiro atoms. The third-order valence-corrected chi connectivity index (χ3v) is 4.19. The molecule has 0 aromatic carbocycles. The van der Waals surface area contributed by atoms with Crippen molar-refractivity contribution in [2.75, 3.05) is 31.1 Å². The Bertz CT molecular complexity index is 475. The van der Waals surface area contributed by atoms with E-state index in [1.165, 1.54) is 25.7 Å². The van der Waals surface area contributed by atoms with Gasteiger partial charge < -0.3 is 15.0 Å². The average Bonchev–Trinajstić information content (AvgIpc) is 3.29. The molecule has 2 heterocycles. The van der Waals surface area contributed by atoms with Crippen molar-refractivity contribution in [1.29, 1.82) is 0 Å². The first-order valence-corrected chi connectivity index (χ1v) is 8.21. The van der Waals surface area contributed by atoms with Crippen molar-refractivity contribution in [3.8, 4) is 5.88 Å². The van der Waals surface area contributed by atoms with Crippen molar-refractivity contribution < 1.29 is 4.74 Å². The Balaban J connectivity index is 1.63. The van der Waals surface area contributed by atoms with Crippen LogP contribution in [0.25, 0.3) is 0 Å². The van der Waals surface area contributed by atoms with E-state index in [1.807, 2.05) is 19.9 Å². The normalized spacial score (nSPS) is 22.4. The topological polar surface area (TPSA) is 50.3 Å².